The molecule has 0 aliphatic carbocycles. The lowest BCUT2D eigenvalue weighted by atomic mass is 10.0. The Morgan fingerprint density at radius 2 is 2.05 bits per heavy atom. The average Bonchev–Trinajstić information content (AvgIpc) is 2.37. The number of hydrogen-bond acceptors (Lipinski definition) is 3. The predicted octanol–water partition coefficient (Wildman–Crippen LogP) is 1.68. The van der Waals surface area contributed by atoms with Gasteiger partial charge in [0, 0.05) is 24.4 Å². The van der Waals surface area contributed by atoms with Crippen LogP contribution in [0.2, 0.25) is 0 Å². The topological polar surface area (TPSA) is 79.3 Å². The molecule has 20 heavy (non-hydrogen) atoms. The molecular formula is C15H16N2O3. The summed E-state index contributed by atoms with van der Waals surface area (Å²) in [5, 5.41) is 12.5. The second-order valence-electron chi connectivity index (χ2n) is 4.78. The molecule has 5 heteroatoms. The maximum atomic E-state index is 11.1. The van der Waals surface area contributed by atoms with Crippen molar-refractivity contribution in [3.05, 3.63) is 41.6 Å². The number of nitrogens with one attached hydrogen (secondary N) is 1. The van der Waals surface area contributed by atoms with Crippen LogP contribution < -0.4 is 5.32 Å². The van der Waals surface area contributed by atoms with E-state index in [9.17, 15) is 9.59 Å². The highest BCUT2D eigenvalue weighted by molar-refractivity contribution is 5.83. The molecule has 0 aliphatic heterocycles. The van der Waals surface area contributed by atoms with Crippen molar-refractivity contribution in [2.24, 2.45) is 0 Å². The first kappa shape index (κ1) is 14.0. The molecule has 0 fully saturated rings. The predicted molar refractivity (Wildman–Crippen MR) is 75.4 cm³/mol. The van der Waals surface area contributed by atoms with Crippen LogP contribution >= 0.6 is 0 Å². The SMILES string of the molecule is CC(=O)N[C@@H](Cc1ccc2nc(C)ccc2c1)C(=O)O. The van der Waals surface area contributed by atoms with E-state index in [4.69, 9.17) is 5.11 Å². The average molecular weight is 272 g/mol. The van der Waals surface area contributed by atoms with Crippen molar-refractivity contribution in [3.63, 3.8) is 0 Å². The van der Waals surface area contributed by atoms with E-state index in [1.165, 1.54) is 6.92 Å². The zero-order valence-electron chi connectivity index (χ0n) is 11.4. The van der Waals surface area contributed by atoms with Gasteiger partial charge >= 0.3 is 5.97 Å². The lowest BCUT2D eigenvalue weighted by Gasteiger charge is -2.13. The second-order valence-corrected chi connectivity index (χ2v) is 4.78. The van der Waals surface area contributed by atoms with Crippen molar-refractivity contribution in [1.82, 2.24) is 10.3 Å². The van der Waals surface area contributed by atoms with Crippen LogP contribution in [0.1, 0.15) is 18.2 Å². The summed E-state index contributed by atoms with van der Waals surface area (Å²) in [6, 6.07) is 8.56. The van der Waals surface area contributed by atoms with Gasteiger partial charge in [0.1, 0.15) is 6.04 Å². The van der Waals surface area contributed by atoms with Crippen LogP contribution in [0, 0.1) is 6.92 Å². The maximum absolute atomic E-state index is 11.1. The largest absolute Gasteiger partial charge is 0.480 e. The summed E-state index contributed by atoms with van der Waals surface area (Å²) in [6.07, 6.45) is 0.249. The standard InChI is InChI=1S/C15H16N2O3/c1-9-3-5-12-7-11(4-6-13(12)16-9)8-14(15(19)20)17-10(2)18/h3-7,14H,8H2,1-2H3,(H,17,18)(H,19,20)/t14-/m0/s1. The number of aryl methyl sites for hydroxylation is 1. The summed E-state index contributed by atoms with van der Waals surface area (Å²) in [6.45, 7) is 3.23. The Kier molecular flexibility index (Phi) is 3.98. The van der Waals surface area contributed by atoms with E-state index < -0.39 is 12.0 Å². The monoisotopic (exact) mass is 272 g/mol. The van der Waals surface area contributed by atoms with Crippen molar-refractivity contribution >= 4 is 22.8 Å². The Labute approximate surface area is 116 Å². The quantitative estimate of drug-likeness (QED) is 0.887. The fourth-order valence-corrected chi connectivity index (χ4v) is 2.09. The fourth-order valence-electron chi connectivity index (χ4n) is 2.09. The van der Waals surface area contributed by atoms with Gasteiger partial charge in [-0.3, -0.25) is 9.78 Å². The van der Waals surface area contributed by atoms with E-state index in [-0.39, 0.29) is 12.3 Å². The number of carbonyl (C=O) groups is 2. The molecule has 1 heterocycles. The molecule has 2 rings (SSSR count). The fraction of sp³-hybridized carbons (Fsp3) is 0.267. The minimum atomic E-state index is -1.04. The molecule has 1 aromatic carbocycles. The number of rotatable bonds is 4. The third-order valence-corrected chi connectivity index (χ3v) is 3.01. The van der Waals surface area contributed by atoms with Gasteiger partial charge in [-0.1, -0.05) is 12.1 Å². The molecule has 0 saturated carbocycles. The summed E-state index contributed by atoms with van der Waals surface area (Å²) in [5.74, 6) is -1.39. The number of nitrogens with zero attached hydrogens (tertiary/aromatic N) is 1. The summed E-state index contributed by atoms with van der Waals surface area (Å²) >= 11 is 0. The summed E-state index contributed by atoms with van der Waals surface area (Å²) in [5.41, 5.74) is 2.66. The normalized spacial score (nSPS) is 12.1. The van der Waals surface area contributed by atoms with Crippen LogP contribution in [-0.2, 0) is 16.0 Å². The molecule has 0 radical (unpaired) electrons. The molecule has 5 nitrogen and oxygen atoms in total. The van der Waals surface area contributed by atoms with Crippen LogP contribution in [0.5, 0.6) is 0 Å². The number of carbonyl (C=O) groups excluding carboxylic acids is 1. The number of benzene rings is 1. The van der Waals surface area contributed by atoms with Gasteiger partial charge in [0.2, 0.25) is 5.91 Å². The number of amides is 1. The summed E-state index contributed by atoms with van der Waals surface area (Å²) < 4.78 is 0. The van der Waals surface area contributed by atoms with Gasteiger partial charge in [0.05, 0.1) is 5.52 Å². The Bertz CT molecular complexity index is 667. The van der Waals surface area contributed by atoms with E-state index in [0.717, 1.165) is 22.2 Å². The van der Waals surface area contributed by atoms with E-state index >= 15 is 0 Å². The third-order valence-electron chi connectivity index (χ3n) is 3.01. The van der Waals surface area contributed by atoms with Crippen molar-refractivity contribution in [2.45, 2.75) is 26.3 Å². The molecule has 0 spiro atoms. The maximum Gasteiger partial charge on any atom is 0.326 e. The Morgan fingerprint density at radius 3 is 2.70 bits per heavy atom. The van der Waals surface area contributed by atoms with E-state index in [1.807, 2.05) is 37.3 Å². The smallest absolute Gasteiger partial charge is 0.326 e. The Morgan fingerprint density at radius 1 is 1.30 bits per heavy atom. The van der Waals surface area contributed by atoms with Crippen molar-refractivity contribution in [1.29, 1.82) is 0 Å². The molecular weight excluding hydrogens is 256 g/mol. The molecule has 104 valence electrons. The molecule has 0 unspecified atom stereocenters. The third kappa shape index (κ3) is 3.32. The molecule has 1 atom stereocenters. The number of fused-ring (bicyclic) bond motifs is 1. The minimum absolute atomic E-state index is 0.249. The first-order valence-electron chi connectivity index (χ1n) is 6.32. The zero-order chi connectivity index (χ0) is 14.7. The molecule has 0 aliphatic rings. The van der Waals surface area contributed by atoms with Crippen molar-refractivity contribution in [2.75, 3.05) is 0 Å². The van der Waals surface area contributed by atoms with Crippen LogP contribution in [0.25, 0.3) is 10.9 Å². The molecule has 1 amide bonds. The highest BCUT2D eigenvalue weighted by atomic mass is 16.4. The van der Waals surface area contributed by atoms with Crippen LogP contribution in [0.4, 0.5) is 0 Å². The molecule has 1 aromatic heterocycles. The van der Waals surface area contributed by atoms with Gasteiger partial charge < -0.3 is 10.4 Å². The number of carboxylic acid groups (broad SMARTS) is 1. The minimum Gasteiger partial charge on any atom is -0.480 e. The highest BCUT2D eigenvalue weighted by Gasteiger charge is 2.18. The van der Waals surface area contributed by atoms with Gasteiger partial charge in [-0.05, 0) is 30.7 Å². The number of carboxylic acids is 1. The van der Waals surface area contributed by atoms with Crippen LogP contribution in [0.15, 0.2) is 30.3 Å². The number of aromatic nitrogens is 1. The van der Waals surface area contributed by atoms with Crippen molar-refractivity contribution < 1.29 is 14.7 Å². The lowest BCUT2D eigenvalue weighted by molar-refractivity contribution is -0.141. The molecule has 2 N–H and O–H groups in total. The Hall–Kier alpha value is -2.43. The van der Waals surface area contributed by atoms with E-state index in [1.54, 1.807) is 0 Å². The number of aliphatic carboxylic acids is 1. The van der Waals surface area contributed by atoms with Crippen LogP contribution in [-0.4, -0.2) is 28.0 Å². The van der Waals surface area contributed by atoms with Crippen LogP contribution in [0.3, 0.4) is 0 Å². The van der Waals surface area contributed by atoms with Gasteiger partial charge in [-0.15, -0.1) is 0 Å². The summed E-state index contributed by atoms with van der Waals surface area (Å²) in [7, 11) is 0. The van der Waals surface area contributed by atoms with Gasteiger partial charge in [-0.2, -0.15) is 0 Å². The first-order chi connectivity index (χ1) is 9.45. The molecule has 0 saturated heterocycles. The summed E-state index contributed by atoms with van der Waals surface area (Å²) in [4.78, 5) is 26.5. The molecule has 2 aromatic rings. The highest BCUT2D eigenvalue weighted by Crippen LogP contribution is 2.16. The van der Waals surface area contributed by atoms with E-state index in [2.05, 4.69) is 10.3 Å². The van der Waals surface area contributed by atoms with E-state index in [0.29, 0.717) is 0 Å². The van der Waals surface area contributed by atoms with Gasteiger partial charge in [0.15, 0.2) is 0 Å². The van der Waals surface area contributed by atoms with Gasteiger partial charge in [0.25, 0.3) is 0 Å². The number of hydrogen-bond donors (Lipinski definition) is 2. The van der Waals surface area contributed by atoms with Gasteiger partial charge in [-0.25, -0.2) is 4.79 Å². The van der Waals surface area contributed by atoms with Crippen molar-refractivity contribution in [3.8, 4) is 0 Å². The zero-order valence-corrected chi connectivity index (χ0v) is 11.4. The first-order valence-corrected chi connectivity index (χ1v) is 6.32. The Balaban J connectivity index is 2.26. The molecule has 0 bridgehead atoms. The number of pyridine rings is 1. The lowest BCUT2D eigenvalue weighted by Crippen LogP contribution is -2.41. The second kappa shape index (κ2) is 5.69.